The average Bonchev–Trinajstić information content (AvgIpc) is 2.63. The van der Waals surface area contributed by atoms with Gasteiger partial charge in [-0.15, -0.1) is 0 Å². The Hall–Kier alpha value is -2.80. The second-order valence-electron chi connectivity index (χ2n) is 5.92. The maximum absolute atomic E-state index is 3.56. The van der Waals surface area contributed by atoms with Crippen LogP contribution in [-0.4, -0.2) is 0 Å². The summed E-state index contributed by atoms with van der Waals surface area (Å²) in [4.78, 5) is 0. The first-order chi connectivity index (χ1) is 11.4. The van der Waals surface area contributed by atoms with Gasteiger partial charge in [-0.05, 0) is 53.0 Å². The van der Waals surface area contributed by atoms with Crippen LogP contribution in [-0.2, 0) is 0 Å². The van der Waals surface area contributed by atoms with E-state index < -0.39 is 0 Å². The van der Waals surface area contributed by atoms with Gasteiger partial charge in [-0.1, -0.05) is 66.7 Å². The fourth-order valence-corrected chi connectivity index (χ4v) is 3.10. The van der Waals surface area contributed by atoms with Crippen molar-refractivity contribution in [2.24, 2.45) is 0 Å². The van der Waals surface area contributed by atoms with E-state index in [-0.39, 0.29) is 0 Å². The Kier molecular flexibility index (Phi) is 3.69. The zero-order valence-electron chi connectivity index (χ0n) is 13.0. The van der Waals surface area contributed by atoms with Gasteiger partial charge < -0.3 is 5.32 Å². The van der Waals surface area contributed by atoms with Gasteiger partial charge in [0.2, 0.25) is 0 Å². The van der Waals surface area contributed by atoms with Crippen molar-refractivity contribution in [3.05, 3.63) is 96.2 Å². The van der Waals surface area contributed by atoms with Crippen molar-refractivity contribution < 1.29 is 0 Å². The molecule has 0 saturated heterocycles. The van der Waals surface area contributed by atoms with Crippen LogP contribution >= 0.6 is 0 Å². The van der Waals surface area contributed by atoms with Crippen molar-refractivity contribution >= 4 is 22.0 Å². The molecule has 1 aliphatic carbocycles. The van der Waals surface area contributed by atoms with E-state index in [4.69, 9.17) is 0 Å². The van der Waals surface area contributed by atoms with E-state index in [1.165, 1.54) is 27.6 Å². The molecule has 0 fully saturated rings. The van der Waals surface area contributed by atoms with E-state index in [2.05, 4.69) is 90.3 Å². The monoisotopic (exact) mass is 297 g/mol. The number of anilines is 1. The first-order valence-corrected chi connectivity index (χ1v) is 8.10. The van der Waals surface area contributed by atoms with E-state index >= 15 is 0 Å². The summed E-state index contributed by atoms with van der Waals surface area (Å²) in [6, 6.07) is 25.6. The number of hydrogen-bond donors (Lipinski definition) is 1. The molecular weight excluding hydrogens is 278 g/mol. The lowest BCUT2D eigenvalue weighted by atomic mass is 9.96. The third kappa shape index (κ3) is 3.04. The summed E-state index contributed by atoms with van der Waals surface area (Å²) in [6.45, 7) is 0. The van der Waals surface area contributed by atoms with Gasteiger partial charge in [0, 0.05) is 11.4 Å². The predicted octanol–water partition coefficient (Wildman–Crippen LogP) is 6.01. The first kappa shape index (κ1) is 13.8. The zero-order valence-corrected chi connectivity index (χ0v) is 13.0. The largest absolute Gasteiger partial charge is 0.356 e. The van der Waals surface area contributed by atoms with Gasteiger partial charge in [-0.2, -0.15) is 0 Å². The number of fused-ring (bicyclic) bond motifs is 1. The molecule has 1 aliphatic rings. The molecule has 0 amide bonds. The fraction of sp³-hybridized carbons (Fsp3) is 0.0909. The third-order valence-corrected chi connectivity index (χ3v) is 4.29. The molecule has 3 aromatic carbocycles. The van der Waals surface area contributed by atoms with Crippen molar-refractivity contribution in [1.82, 2.24) is 0 Å². The normalized spacial score (nSPS) is 14.3. The predicted molar refractivity (Wildman–Crippen MR) is 99.3 cm³/mol. The molecule has 0 atom stereocenters. The molecule has 1 nitrogen and oxygen atoms in total. The molecule has 0 bridgehead atoms. The Morgan fingerprint density at radius 1 is 0.739 bits per heavy atom. The van der Waals surface area contributed by atoms with E-state index in [9.17, 15) is 0 Å². The van der Waals surface area contributed by atoms with Gasteiger partial charge >= 0.3 is 0 Å². The highest BCUT2D eigenvalue weighted by atomic mass is 14.9. The lowest BCUT2D eigenvalue weighted by molar-refractivity contribution is 1.04. The van der Waals surface area contributed by atoms with Crippen LogP contribution < -0.4 is 5.32 Å². The quantitative estimate of drug-likeness (QED) is 0.624. The lowest BCUT2D eigenvalue weighted by Crippen LogP contribution is -2.02. The highest BCUT2D eigenvalue weighted by Gasteiger charge is 2.08. The minimum Gasteiger partial charge on any atom is -0.356 e. The Bertz CT molecular complexity index is 888. The van der Waals surface area contributed by atoms with Gasteiger partial charge in [-0.3, -0.25) is 0 Å². The smallest absolute Gasteiger partial charge is 0.0390 e. The Balaban J connectivity index is 1.60. The number of nitrogens with one attached hydrogen (secondary N) is 1. The van der Waals surface area contributed by atoms with Crippen molar-refractivity contribution in [2.75, 3.05) is 5.32 Å². The Morgan fingerprint density at radius 3 is 2.39 bits per heavy atom. The van der Waals surface area contributed by atoms with Crippen LogP contribution in [0, 0.1) is 0 Å². The van der Waals surface area contributed by atoms with Crippen LogP contribution in [0.4, 0.5) is 5.69 Å². The minimum absolute atomic E-state index is 1.08. The molecule has 23 heavy (non-hydrogen) atoms. The topological polar surface area (TPSA) is 12.0 Å². The maximum Gasteiger partial charge on any atom is 0.0390 e. The molecule has 0 saturated carbocycles. The highest BCUT2D eigenvalue weighted by Crippen LogP contribution is 2.28. The van der Waals surface area contributed by atoms with Crippen molar-refractivity contribution in [3.63, 3.8) is 0 Å². The van der Waals surface area contributed by atoms with Crippen LogP contribution in [0.15, 0.2) is 90.6 Å². The fourth-order valence-electron chi connectivity index (χ4n) is 3.10. The molecule has 0 heterocycles. The van der Waals surface area contributed by atoms with Gasteiger partial charge in [0.25, 0.3) is 0 Å². The average molecular weight is 297 g/mol. The second kappa shape index (κ2) is 6.13. The Labute approximate surface area is 137 Å². The van der Waals surface area contributed by atoms with Crippen molar-refractivity contribution in [2.45, 2.75) is 12.8 Å². The Morgan fingerprint density at radius 2 is 1.52 bits per heavy atom. The second-order valence-corrected chi connectivity index (χ2v) is 5.92. The molecule has 0 aliphatic heterocycles. The minimum atomic E-state index is 1.08. The van der Waals surface area contributed by atoms with Crippen LogP contribution in [0.2, 0.25) is 0 Å². The number of hydrogen-bond acceptors (Lipinski definition) is 1. The van der Waals surface area contributed by atoms with Gasteiger partial charge in [-0.25, -0.2) is 0 Å². The highest BCUT2D eigenvalue weighted by molar-refractivity contribution is 5.86. The standard InChI is InChI=1S/C22H19N/c1-2-7-17(8-3-1)20-11-6-12-21(15-20)23-22-14-13-18-9-4-5-10-19(18)16-22/h1-5,7-10,12-16,23H,6,11H2. The summed E-state index contributed by atoms with van der Waals surface area (Å²) in [5, 5.41) is 6.10. The summed E-state index contributed by atoms with van der Waals surface area (Å²) in [6.07, 6.45) is 6.74. The molecule has 1 N–H and O–H groups in total. The molecule has 0 spiro atoms. The third-order valence-electron chi connectivity index (χ3n) is 4.29. The SMILES string of the molecule is C1=C(Nc2ccc3ccccc3c2)C=C(c2ccccc2)CC1. The van der Waals surface area contributed by atoms with Gasteiger partial charge in [0.05, 0.1) is 0 Å². The summed E-state index contributed by atoms with van der Waals surface area (Å²) < 4.78 is 0. The number of allylic oxidation sites excluding steroid dienone is 3. The number of rotatable bonds is 3. The number of benzene rings is 3. The molecule has 112 valence electrons. The lowest BCUT2D eigenvalue weighted by Gasteiger charge is -2.16. The van der Waals surface area contributed by atoms with E-state index in [0.717, 1.165) is 18.5 Å². The summed E-state index contributed by atoms with van der Waals surface area (Å²) in [5.74, 6) is 0. The maximum atomic E-state index is 3.56. The molecule has 0 unspecified atom stereocenters. The summed E-state index contributed by atoms with van der Waals surface area (Å²) in [5.41, 5.74) is 5.04. The van der Waals surface area contributed by atoms with Crippen LogP contribution in [0.3, 0.4) is 0 Å². The van der Waals surface area contributed by atoms with Crippen LogP contribution in [0.1, 0.15) is 18.4 Å². The van der Waals surface area contributed by atoms with E-state index in [0.29, 0.717) is 0 Å². The van der Waals surface area contributed by atoms with Crippen molar-refractivity contribution in [1.29, 1.82) is 0 Å². The van der Waals surface area contributed by atoms with Crippen LogP contribution in [0.5, 0.6) is 0 Å². The summed E-state index contributed by atoms with van der Waals surface area (Å²) >= 11 is 0. The molecule has 1 heteroatoms. The molecular formula is C22H19N. The van der Waals surface area contributed by atoms with Crippen LogP contribution in [0.25, 0.3) is 16.3 Å². The molecule has 3 aromatic rings. The first-order valence-electron chi connectivity index (χ1n) is 8.10. The molecule has 4 rings (SSSR count). The van der Waals surface area contributed by atoms with Gasteiger partial charge in [0.1, 0.15) is 0 Å². The summed E-state index contributed by atoms with van der Waals surface area (Å²) in [7, 11) is 0. The van der Waals surface area contributed by atoms with Gasteiger partial charge in [0.15, 0.2) is 0 Å². The van der Waals surface area contributed by atoms with E-state index in [1.54, 1.807) is 0 Å². The molecule has 0 aromatic heterocycles. The van der Waals surface area contributed by atoms with Crippen molar-refractivity contribution in [3.8, 4) is 0 Å². The zero-order chi connectivity index (χ0) is 15.5. The molecule has 0 radical (unpaired) electrons. The van der Waals surface area contributed by atoms with E-state index in [1.807, 2.05) is 0 Å².